The molecule has 0 aromatic heterocycles. The van der Waals surface area contributed by atoms with Crippen molar-refractivity contribution in [1.29, 1.82) is 0 Å². The minimum absolute atomic E-state index is 0.431. The van der Waals surface area contributed by atoms with Crippen molar-refractivity contribution >= 4 is 29.2 Å². The summed E-state index contributed by atoms with van der Waals surface area (Å²) in [5, 5.41) is 6.10. The number of hydrogen-bond donors (Lipinski definition) is 2. The van der Waals surface area contributed by atoms with Gasteiger partial charge in [0.15, 0.2) is 0 Å². The molecule has 0 aliphatic heterocycles. The Balaban J connectivity index is 2.43. The molecular formula is C16H26N2O2S. The van der Waals surface area contributed by atoms with Gasteiger partial charge in [0.2, 0.25) is 0 Å². The number of rotatable bonds is 7. The van der Waals surface area contributed by atoms with Gasteiger partial charge in [-0.2, -0.15) is 11.8 Å². The van der Waals surface area contributed by atoms with E-state index in [1.165, 1.54) is 5.75 Å². The van der Waals surface area contributed by atoms with Gasteiger partial charge in [-0.05, 0) is 56.9 Å². The molecule has 4 nitrogen and oxygen atoms in total. The van der Waals surface area contributed by atoms with E-state index in [1.807, 2.05) is 56.8 Å². The van der Waals surface area contributed by atoms with Crippen molar-refractivity contribution in [1.82, 2.24) is 0 Å². The lowest BCUT2D eigenvalue weighted by Gasteiger charge is -2.19. The van der Waals surface area contributed by atoms with E-state index >= 15 is 0 Å². The molecule has 0 heterocycles. The number of ether oxygens (including phenoxy) is 1. The lowest BCUT2D eigenvalue weighted by molar-refractivity contribution is 0.0636. The molecule has 0 spiro atoms. The molecule has 0 bridgehead atoms. The third kappa shape index (κ3) is 8.50. The van der Waals surface area contributed by atoms with Gasteiger partial charge in [-0.25, -0.2) is 4.79 Å². The highest BCUT2D eigenvalue weighted by atomic mass is 32.2. The van der Waals surface area contributed by atoms with E-state index in [4.69, 9.17) is 4.74 Å². The van der Waals surface area contributed by atoms with Gasteiger partial charge in [-0.1, -0.05) is 13.0 Å². The van der Waals surface area contributed by atoms with Crippen molar-refractivity contribution in [3.05, 3.63) is 24.3 Å². The molecule has 0 radical (unpaired) electrons. The van der Waals surface area contributed by atoms with Crippen molar-refractivity contribution < 1.29 is 9.53 Å². The van der Waals surface area contributed by atoms with Crippen LogP contribution in [0.3, 0.4) is 0 Å². The summed E-state index contributed by atoms with van der Waals surface area (Å²) in [5.41, 5.74) is 1.25. The molecule has 2 N–H and O–H groups in total. The standard InChI is InChI=1S/C16H26N2O2S/c1-5-21-11-7-10-17-13-8-6-9-14(12-13)18-15(19)20-16(2,3)4/h6,8-9,12,17H,5,7,10-11H2,1-4H3,(H,18,19). The summed E-state index contributed by atoms with van der Waals surface area (Å²) in [7, 11) is 0. The van der Waals surface area contributed by atoms with Gasteiger partial charge in [0, 0.05) is 17.9 Å². The van der Waals surface area contributed by atoms with Crippen LogP contribution in [0.25, 0.3) is 0 Å². The first-order valence-corrected chi connectivity index (χ1v) is 8.48. The summed E-state index contributed by atoms with van der Waals surface area (Å²) in [5.74, 6) is 2.33. The van der Waals surface area contributed by atoms with Crippen LogP contribution in [0.1, 0.15) is 34.1 Å². The molecule has 5 heteroatoms. The molecular weight excluding hydrogens is 284 g/mol. The Labute approximate surface area is 132 Å². The number of nitrogens with one attached hydrogen (secondary N) is 2. The van der Waals surface area contributed by atoms with E-state index in [2.05, 4.69) is 17.6 Å². The molecule has 1 amide bonds. The Morgan fingerprint density at radius 1 is 1.29 bits per heavy atom. The van der Waals surface area contributed by atoms with Gasteiger partial charge in [0.25, 0.3) is 0 Å². The minimum Gasteiger partial charge on any atom is -0.444 e. The largest absolute Gasteiger partial charge is 0.444 e. The van der Waals surface area contributed by atoms with E-state index in [-0.39, 0.29) is 0 Å². The predicted octanol–water partition coefficient (Wildman–Crippen LogP) is 4.59. The molecule has 118 valence electrons. The van der Waals surface area contributed by atoms with Gasteiger partial charge in [-0.15, -0.1) is 0 Å². The molecule has 21 heavy (non-hydrogen) atoms. The van der Waals surface area contributed by atoms with Crippen LogP contribution in [0.2, 0.25) is 0 Å². The van der Waals surface area contributed by atoms with Crippen LogP contribution < -0.4 is 10.6 Å². The van der Waals surface area contributed by atoms with Crippen molar-refractivity contribution in [2.45, 2.75) is 39.7 Å². The van der Waals surface area contributed by atoms with Crippen LogP contribution in [-0.4, -0.2) is 29.7 Å². The first-order valence-electron chi connectivity index (χ1n) is 7.32. The summed E-state index contributed by atoms with van der Waals surface area (Å²) in [6, 6.07) is 7.67. The zero-order valence-corrected chi connectivity index (χ0v) is 14.2. The Hall–Kier alpha value is -1.36. The van der Waals surface area contributed by atoms with E-state index in [9.17, 15) is 4.79 Å². The highest BCUT2D eigenvalue weighted by molar-refractivity contribution is 7.99. The molecule has 0 fully saturated rings. The van der Waals surface area contributed by atoms with E-state index in [0.717, 1.165) is 30.1 Å². The highest BCUT2D eigenvalue weighted by Crippen LogP contribution is 2.17. The molecule has 0 aliphatic carbocycles. The van der Waals surface area contributed by atoms with Gasteiger partial charge >= 0.3 is 6.09 Å². The van der Waals surface area contributed by atoms with Crippen LogP contribution in [-0.2, 0) is 4.74 Å². The van der Waals surface area contributed by atoms with Crippen LogP contribution in [0.5, 0.6) is 0 Å². The number of anilines is 2. The maximum atomic E-state index is 11.7. The zero-order chi connectivity index (χ0) is 15.7. The Morgan fingerprint density at radius 3 is 2.67 bits per heavy atom. The summed E-state index contributed by atoms with van der Waals surface area (Å²) in [4.78, 5) is 11.7. The van der Waals surface area contributed by atoms with Gasteiger partial charge < -0.3 is 10.1 Å². The number of hydrogen-bond acceptors (Lipinski definition) is 4. The zero-order valence-electron chi connectivity index (χ0n) is 13.4. The smallest absolute Gasteiger partial charge is 0.412 e. The van der Waals surface area contributed by atoms with Crippen molar-refractivity contribution in [3.63, 3.8) is 0 Å². The number of amides is 1. The Kier molecular flexibility index (Phi) is 7.43. The minimum atomic E-state index is -0.489. The van der Waals surface area contributed by atoms with Gasteiger partial charge in [0.05, 0.1) is 0 Å². The normalized spacial score (nSPS) is 11.0. The summed E-state index contributed by atoms with van der Waals surface area (Å²) in [6.45, 7) is 8.64. The monoisotopic (exact) mass is 310 g/mol. The van der Waals surface area contributed by atoms with Crippen LogP contribution in [0.4, 0.5) is 16.2 Å². The topological polar surface area (TPSA) is 50.4 Å². The average Bonchev–Trinajstić information content (AvgIpc) is 2.36. The fraction of sp³-hybridized carbons (Fsp3) is 0.562. The molecule has 1 aromatic carbocycles. The van der Waals surface area contributed by atoms with Crippen LogP contribution >= 0.6 is 11.8 Å². The molecule has 0 unspecified atom stereocenters. The highest BCUT2D eigenvalue weighted by Gasteiger charge is 2.16. The maximum absolute atomic E-state index is 11.7. The predicted molar refractivity (Wildman–Crippen MR) is 92.4 cm³/mol. The first kappa shape index (κ1) is 17.7. The quantitative estimate of drug-likeness (QED) is 0.723. The second-order valence-electron chi connectivity index (χ2n) is 5.68. The second kappa shape index (κ2) is 8.82. The fourth-order valence-electron chi connectivity index (χ4n) is 1.68. The van der Waals surface area contributed by atoms with Crippen molar-refractivity contribution in [2.75, 3.05) is 28.7 Å². The lowest BCUT2D eigenvalue weighted by atomic mass is 10.2. The van der Waals surface area contributed by atoms with Crippen molar-refractivity contribution in [2.24, 2.45) is 0 Å². The lowest BCUT2D eigenvalue weighted by Crippen LogP contribution is -2.27. The average molecular weight is 310 g/mol. The third-order valence-electron chi connectivity index (χ3n) is 2.51. The second-order valence-corrected chi connectivity index (χ2v) is 7.08. The molecule has 0 saturated heterocycles. The van der Waals surface area contributed by atoms with Gasteiger partial charge in [0.1, 0.15) is 5.60 Å². The molecule has 0 saturated carbocycles. The summed E-state index contributed by atoms with van der Waals surface area (Å²) < 4.78 is 5.23. The number of carbonyl (C=O) groups is 1. The summed E-state index contributed by atoms with van der Waals surface area (Å²) >= 11 is 1.95. The SMILES string of the molecule is CCSCCCNc1cccc(NC(=O)OC(C)(C)C)c1. The van der Waals surface area contributed by atoms with Crippen molar-refractivity contribution in [3.8, 4) is 0 Å². The third-order valence-corrected chi connectivity index (χ3v) is 3.49. The van der Waals surface area contributed by atoms with Crippen LogP contribution in [0, 0.1) is 0 Å². The summed E-state index contributed by atoms with van der Waals surface area (Å²) in [6.07, 6.45) is 0.696. The molecule has 0 aliphatic rings. The first-order chi connectivity index (χ1) is 9.90. The van der Waals surface area contributed by atoms with Crippen LogP contribution in [0.15, 0.2) is 24.3 Å². The van der Waals surface area contributed by atoms with E-state index in [0.29, 0.717) is 0 Å². The molecule has 1 rings (SSSR count). The Bertz CT molecular complexity index is 444. The number of benzene rings is 1. The molecule has 1 aromatic rings. The maximum Gasteiger partial charge on any atom is 0.412 e. The molecule has 0 atom stereocenters. The Morgan fingerprint density at radius 2 is 2.00 bits per heavy atom. The van der Waals surface area contributed by atoms with E-state index in [1.54, 1.807) is 0 Å². The fourth-order valence-corrected chi connectivity index (χ4v) is 2.32. The van der Waals surface area contributed by atoms with Gasteiger partial charge in [-0.3, -0.25) is 5.32 Å². The van der Waals surface area contributed by atoms with E-state index < -0.39 is 11.7 Å². The number of carbonyl (C=O) groups excluding carboxylic acids is 1. The number of thioether (sulfide) groups is 1.